The topological polar surface area (TPSA) is 29.3 Å². The summed E-state index contributed by atoms with van der Waals surface area (Å²) in [5.41, 5.74) is 6.83. The molecule has 0 aliphatic rings. The first-order valence-electron chi connectivity index (χ1n) is 4.90. The summed E-state index contributed by atoms with van der Waals surface area (Å²) in [7, 11) is 6.42. The largest absolute Gasteiger partial charge is 0.329 e. The van der Waals surface area contributed by atoms with Crippen molar-refractivity contribution in [3.05, 3.63) is 30.3 Å². The van der Waals surface area contributed by atoms with Crippen molar-refractivity contribution >= 4 is 5.69 Å². The molecule has 0 aliphatic heterocycles. The molecule has 0 atom stereocenters. The molecule has 0 amide bonds. The molecule has 0 saturated carbocycles. The van der Waals surface area contributed by atoms with E-state index in [1.54, 1.807) is 0 Å². The number of benzene rings is 1. The number of quaternary nitrogens is 1. The molecule has 1 rings (SSSR count). The minimum absolute atomic E-state index is 0.671. The Hall–Kier alpha value is -1.06. The molecule has 0 heterocycles. The van der Waals surface area contributed by atoms with Crippen LogP contribution in [0.4, 0.5) is 5.69 Å². The SMILES string of the molecule is C[N+](C)(C)N(CCN)c1ccccc1. The standard InChI is InChI=1S/C11H20N3/c1-14(2,3)13(10-9-12)11-7-5-4-6-8-11/h4-8H,9-10,12H2,1-3H3/q+1. The van der Waals surface area contributed by atoms with Gasteiger partial charge in [0.15, 0.2) is 0 Å². The van der Waals surface area contributed by atoms with Crippen LogP contribution >= 0.6 is 0 Å². The first-order valence-corrected chi connectivity index (χ1v) is 4.90. The predicted octanol–water partition coefficient (Wildman–Crippen LogP) is 1.07. The summed E-state index contributed by atoms with van der Waals surface area (Å²) in [6.07, 6.45) is 0. The molecular weight excluding hydrogens is 174 g/mol. The lowest BCUT2D eigenvalue weighted by molar-refractivity contribution is -0.879. The van der Waals surface area contributed by atoms with Gasteiger partial charge in [-0.3, -0.25) is 0 Å². The molecular formula is C11H20N3+. The monoisotopic (exact) mass is 194 g/mol. The van der Waals surface area contributed by atoms with Crippen LogP contribution < -0.4 is 10.7 Å². The van der Waals surface area contributed by atoms with Gasteiger partial charge in [0, 0.05) is 6.54 Å². The average molecular weight is 194 g/mol. The molecule has 1 aromatic carbocycles. The van der Waals surface area contributed by atoms with Crippen LogP contribution in [-0.2, 0) is 0 Å². The number of nitrogens with zero attached hydrogens (tertiary/aromatic N) is 2. The molecule has 1 aromatic rings. The fourth-order valence-electron chi connectivity index (χ4n) is 1.50. The molecule has 78 valence electrons. The highest BCUT2D eigenvalue weighted by molar-refractivity contribution is 5.43. The third-order valence-electron chi connectivity index (χ3n) is 2.12. The van der Waals surface area contributed by atoms with E-state index in [0.29, 0.717) is 6.54 Å². The minimum Gasteiger partial charge on any atom is -0.329 e. The van der Waals surface area contributed by atoms with Crippen LogP contribution in [0.1, 0.15) is 0 Å². The van der Waals surface area contributed by atoms with Crippen LogP contribution in [0.25, 0.3) is 0 Å². The summed E-state index contributed by atoms with van der Waals surface area (Å²) >= 11 is 0. The first kappa shape index (κ1) is 11.0. The lowest BCUT2D eigenvalue weighted by Gasteiger charge is -2.37. The Bertz CT molecular complexity index is 264. The highest BCUT2D eigenvalue weighted by Gasteiger charge is 2.19. The Labute approximate surface area is 86.3 Å². The number of rotatable bonds is 4. The number of para-hydroxylation sites is 1. The van der Waals surface area contributed by atoms with Gasteiger partial charge in [-0.05, 0) is 12.1 Å². The van der Waals surface area contributed by atoms with Gasteiger partial charge in [0.25, 0.3) is 0 Å². The molecule has 0 bridgehead atoms. The summed E-state index contributed by atoms with van der Waals surface area (Å²) in [6.45, 7) is 1.54. The Balaban J connectivity index is 2.89. The van der Waals surface area contributed by atoms with Crippen molar-refractivity contribution in [2.24, 2.45) is 5.73 Å². The molecule has 0 fully saturated rings. The molecule has 0 saturated heterocycles. The van der Waals surface area contributed by atoms with Crippen molar-refractivity contribution < 1.29 is 4.59 Å². The van der Waals surface area contributed by atoms with Crippen molar-refractivity contribution in [3.8, 4) is 0 Å². The Morgan fingerprint density at radius 2 is 1.71 bits per heavy atom. The van der Waals surface area contributed by atoms with Gasteiger partial charge < -0.3 is 5.73 Å². The summed E-state index contributed by atoms with van der Waals surface area (Å²) in [5.74, 6) is 0. The van der Waals surface area contributed by atoms with Crippen LogP contribution in [0.15, 0.2) is 30.3 Å². The molecule has 3 heteroatoms. The maximum Gasteiger partial charge on any atom is 0.0904 e. The van der Waals surface area contributed by atoms with Crippen molar-refractivity contribution in [2.45, 2.75) is 0 Å². The van der Waals surface area contributed by atoms with Crippen LogP contribution in [-0.4, -0.2) is 38.8 Å². The normalized spacial score (nSPS) is 11.4. The summed E-state index contributed by atoms with van der Waals surface area (Å²) in [5, 5.41) is 2.26. The van der Waals surface area contributed by atoms with E-state index in [4.69, 9.17) is 5.73 Å². The zero-order valence-electron chi connectivity index (χ0n) is 9.27. The molecule has 0 unspecified atom stereocenters. The van der Waals surface area contributed by atoms with Gasteiger partial charge in [0.05, 0.1) is 33.4 Å². The van der Waals surface area contributed by atoms with Gasteiger partial charge in [-0.15, -0.1) is 0 Å². The summed E-state index contributed by atoms with van der Waals surface area (Å²) in [4.78, 5) is 0. The Morgan fingerprint density at radius 3 is 2.14 bits per heavy atom. The van der Waals surface area contributed by atoms with E-state index in [1.807, 2.05) is 6.07 Å². The zero-order valence-corrected chi connectivity index (χ0v) is 9.27. The second-order valence-electron chi connectivity index (χ2n) is 4.19. The zero-order chi connectivity index (χ0) is 10.6. The molecule has 0 radical (unpaired) electrons. The molecule has 14 heavy (non-hydrogen) atoms. The van der Waals surface area contributed by atoms with E-state index in [1.165, 1.54) is 5.69 Å². The smallest absolute Gasteiger partial charge is 0.0904 e. The third-order valence-corrected chi connectivity index (χ3v) is 2.12. The van der Waals surface area contributed by atoms with E-state index in [2.05, 4.69) is 50.4 Å². The second-order valence-corrected chi connectivity index (χ2v) is 4.19. The van der Waals surface area contributed by atoms with E-state index in [0.717, 1.165) is 11.1 Å². The van der Waals surface area contributed by atoms with Crippen molar-refractivity contribution in [2.75, 3.05) is 39.2 Å². The Morgan fingerprint density at radius 1 is 1.14 bits per heavy atom. The van der Waals surface area contributed by atoms with E-state index >= 15 is 0 Å². The third kappa shape index (κ3) is 2.72. The number of hydrogen-bond donors (Lipinski definition) is 1. The van der Waals surface area contributed by atoms with Crippen molar-refractivity contribution in [1.29, 1.82) is 0 Å². The van der Waals surface area contributed by atoms with Crippen LogP contribution in [0, 0.1) is 0 Å². The lowest BCUT2D eigenvalue weighted by atomic mass is 10.3. The van der Waals surface area contributed by atoms with Gasteiger partial charge in [-0.25, -0.2) is 9.60 Å². The van der Waals surface area contributed by atoms with Crippen LogP contribution in [0.5, 0.6) is 0 Å². The number of anilines is 1. The maximum atomic E-state index is 5.61. The fraction of sp³-hybridized carbons (Fsp3) is 0.455. The van der Waals surface area contributed by atoms with Crippen molar-refractivity contribution in [3.63, 3.8) is 0 Å². The van der Waals surface area contributed by atoms with Gasteiger partial charge in [0.1, 0.15) is 0 Å². The van der Waals surface area contributed by atoms with Gasteiger partial charge in [-0.1, -0.05) is 18.2 Å². The minimum atomic E-state index is 0.671. The van der Waals surface area contributed by atoms with E-state index in [9.17, 15) is 0 Å². The maximum absolute atomic E-state index is 5.61. The van der Waals surface area contributed by atoms with Gasteiger partial charge in [-0.2, -0.15) is 0 Å². The van der Waals surface area contributed by atoms with Gasteiger partial charge >= 0.3 is 0 Å². The quantitative estimate of drug-likeness (QED) is 0.574. The summed E-state index contributed by atoms with van der Waals surface area (Å²) in [6, 6.07) is 10.3. The predicted molar refractivity (Wildman–Crippen MR) is 60.9 cm³/mol. The highest BCUT2D eigenvalue weighted by Crippen LogP contribution is 2.16. The number of hydrogen-bond acceptors (Lipinski definition) is 2. The van der Waals surface area contributed by atoms with Crippen molar-refractivity contribution in [1.82, 2.24) is 0 Å². The van der Waals surface area contributed by atoms with Gasteiger partial charge in [0.2, 0.25) is 0 Å². The molecule has 0 aromatic heterocycles. The molecule has 0 spiro atoms. The van der Waals surface area contributed by atoms with E-state index < -0.39 is 0 Å². The highest BCUT2D eigenvalue weighted by atomic mass is 15.7. The first-order chi connectivity index (χ1) is 6.55. The molecule has 0 aliphatic carbocycles. The summed E-state index contributed by atoms with van der Waals surface area (Å²) < 4.78 is 0.765. The Kier molecular flexibility index (Phi) is 3.49. The lowest BCUT2D eigenvalue weighted by Crippen LogP contribution is -2.53. The van der Waals surface area contributed by atoms with E-state index in [-0.39, 0.29) is 0 Å². The average Bonchev–Trinajstić information content (AvgIpc) is 2.14. The molecule has 3 nitrogen and oxygen atoms in total. The van der Waals surface area contributed by atoms with Crippen LogP contribution in [0.2, 0.25) is 0 Å². The van der Waals surface area contributed by atoms with Crippen LogP contribution in [0.3, 0.4) is 0 Å². The fourth-order valence-corrected chi connectivity index (χ4v) is 1.50. The molecule has 2 N–H and O–H groups in total. The second kappa shape index (κ2) is 4.44. The number of nitrogens with two attached hydrogens (primary N) is 1.